The lowest BCUT2D eigenvalue weighted by molar-refractivity contribution is -0.114. The number of anilines is 1. The lowest BCUT2D eigenvalue weighted by Crippen LogP contribution is -2.28. The zero-order valence-electron chi connectivity index (χ0n) is 15.9. The average molecular weight is 418 g/mol. The summed E-state index contributed by atoms with van der Waals surface area (Å²) >= 11 is 3.19. The number of pyridine rings is 1. The zero-order valence-corrected chi connectivity index (χ0v) is 17.5. The average Bonchev–Trinajstić information content (AvgIpc) is 3.21. The molecule has 1 amide bonds. The van der Waals surface area contributed by atoms with Crippen LogP contribution >= 0.6 is 23.1 Å². The number of thiazole rings is 1. The van der Waals surface area contributed by atoms with E-state index in [0.29, 0.717) is 11.7 Å². The number of aromatic nitrogens is 2. The molecule has 29 heavy (non-hydrogen) atoms. The maximum Gasteiger partial charge on any atom is 0.253 e. The molecule has 6 heteroatoms. The van der Waals surface area contributed by atoms with Crippen LogP contribution in [0.4, 0.5) is 5.13 Å². The Morgan fingerprint density at radius 3 is 2.72 bits per heavy atom. The highest BCUT2D eigenvalue weighted by Crippen LogP contribution is 2.34. The minimum atomic E-state index is -0.109. The summed E-state index contributed by atoms with van der Waals surface area (Å²) in [4.78, 5) is 24.9. The van der Waals surface area contributed by atoms with Crippen molar-refractivity contribution in [3.05, 3.63) is 90.3 Å². The molecule has 0 radical (unpaired) electrons. The van der Waals surface area contributed by atoms with Gasteiger partial charge in [-0.3, -0.25) is 14.7 Å². The molecule has 0 saturated heterocycles. The molecule has 2 aromatic heterocycles. The third kappa shape index (κ3) is 4.55. The minimum absolute atomic E-state index is 0.109. The van der Waals surface area contributed by atoms with Crippen LogP contribution in [0.1, 0.15) is 11.1 Å². The molecular weight excluding hydrogens is 398 g/mol. The van der Waals surface area contributed by atoms with Gasteiger partial charge >= 0.3 is 0 Å². The number of amides is 1. The third-order valence-corrected chi connectivity index (χ3v) is 6.18. The van der Waals surface area contributed by atoms with Crippen LogP contribution in [0.2, 0.25) is 0 Å². The number of rotatable bonds is 6. The van der Waals surface area contributed by atoms with Crippen molar-refractivity contribution < 1.29 is 4.79 Å². The molecule has 0 aliphatic carbocycles. The summed E-state index contributed by atoms with van der Waals surface area (Å²) < 4.78 is 1.07. The van der Waals surface area contributed by atoms with Crippen molar-refractivity contribution in [2.45, 2.75) is 11.4 Å². The van der Waals surface area contributed by atoms with E-state index in [1.165, 1.54) is 11.3 Å². The molecule has 2 heterocycles. The summed E-state index contributed by atoms with van der Waals surface area (Å²) in [7, 11) is 0. The normalized spacial score (nSPS) is 11.2. The molecule has 0 saturated carbocycles. The highest BCUT2D eigenvalue weighted by atomic mass is 32.2. The molecule has 144 valence electrons. The van der Waals surface area contributed by atoms with Gasteiger partial charge in [0, 0.05) is 23.4 Å². The fourth-order valence-electron chi connectivity index (χ4n) is 2.93. The number of nitrogens with zero attached hydrogens (tertiary/aromatic N) is 3. The maximum absolute atomic E-state index is 13.1. The number of benzene rings is 2. The van der Waals surface area contributed by atoms with Crippen molar-refractivity contribution in [2.75, 3.05) is 11.2 Å². The molecule has 0 unspecified atom stereocenters. The second kappa shape index (κ2) is 9.03. The number of hydrogen-bond donors (Lipinski definition) is 0. The summed E-state index contributed by atoms with van der Waals surface area (Å²) in [6.45, 7) is 0.417. The summed E-state index contributed by atoms with van der Waals surface area (Å²) in [6.07, 6.45) is 8.98. The monoisotopic (exact) mass is 417 g/mol. The summed E-state index contributed by atoms with van der Waals surface area (Å²) in [5.41, 5.74) is 2.88. The van der Waals surface area contributed by atoms with Crippen molar-refractivity contribution in [3.63, 3.8) is 0 Å². The summed E-state index contributed by atoms with van der Waals surface area (Å²) in [5, 5.41) is 0.688. The second-order valence-electron chi connectivity index (χ2n) is 6.33. The quantitative estimate of drug-likeness (QED) is 0.300. The number of carbonyl (C=O) groups excluding carboxylic acids is 1. The molecule has 0 fully saturated rings. The van der Waals surface area contributed by atoms with Gasteiger partial charge < -0.3 is 0 Å². The number of thioether (sulfide) groups is 1. The van der Waals surface area contributed by atoms with Gasteiger partial charge in [0.15, 0.2) is 5.13 Å². The molecule has 0 aliphatic heterocycles. The number of hydrogen-bond acceptors (Lipinski definition) is 5. The molecule has 4 nitrogen and oxygen atoms in total. The Labute approximate surface area is 177 Å². The van der Waals surface area contributed by atoms with Gasteiger partial charge in [-0.1, -0.05) is 53.8 Å². The Bertz CT molecular complexity index is 1140. The first-order valence-electron chi connectivity index (χ1n) is 9.11. The first kappa shape index (κ1) is 19.4. The van der Waals surface area contributed by atoms with Gasteiger partial charge in [0.1, 0.15) is 0 Å². The standard InChI is InChI=1S/C23H19N3OS2/c1-28-19-10-5-11-20-22(19)25-23(29-20)26(16-18-9-6-14-24-15-18)21(27)13-12-17-7-3-2-4-8-17/h2-15H,16H2,1H3/b13-12+. The van der Waals surface area contributed by atoms with E-state index in [1.807, 2.05) is 66.9 Å². The largest absolute Gasteiger partial charge is 0.280 e. The Morgan fingerprint density at radius 1 is 1.10 bits per heavy atom. The van der Waals surface area contributed by atoms with E-state index in [2.05, 4.69) is 11.1 Å². The van der Waals surface area contributed by atoms with E-state index < -0.39 is 0 Å². The fraction of sp³-hybridized carbons (Fsp3) is 0.0870. The van der Waals surface area contributed by atoms with E-state index in [-0.39, 0.29) is 5.91 Å². The van der Waals surface area contributed by atoms with E-state index in [4.69, 9.17) is 4.98 Å². The van der Waals surface area contributed by atoms with E-state index in [9.17, 15) is 4.79 Å². The van der Waals surface area contributed by atoms with Crippen LogP contribution in [0.5, 0.6) is 0 Å². The predicted molar refractivity (Wildman–Crippen MR) is 122 cm³/mol. The van der Waals surface area contributed by atoms with Gasteiger partial charge in [-0.25, -0.2) is 4.98 Å². The molecule has 0 N–H and O–H groups in total. The molecule has 0 aliphatic rings. The molecule has 0 atom stereocenters. The van der Waals surface area contributed by atoms with Gasteiger partial charge in [0.2, 0.25) is 0 Å². The third-order valence-electron chi connectivity index (χ3n) is 4.37. The Morgan fingerprint density at radius 2 is 1.97 bits per heavy atom. The van der Waals surface area contributed by atoms with Gasteiger partial charge in [0.05, 0.1) is 16.8 Å². The Hall–Kier alpha value is -2.96. The van der Waals surface area contributed by atoms with Crippen LogP contribution in [-0.4, -0.2) is 22.1 Å². The molecule has 0 bridgehead atoms. The first-order valence-corrected chi connectivity index (χ1v) is 11.2. The molecule has 2 aromatic carbocycles. The van der Waals surface area contributed by atoms with Crippen LogP contribution in [-0.2, 0) is 11.3 Å². The highest BCUT2D eigenvalue weighted by Gasteiger charge is 2.19. The second-order valence-corrected chi connectivity index (χ2v) is 8.19. The molecule has 4 rings (SSSR count). The molecule has 0 spiro atoms. The minimum Gasteiger partial charge on any atom is -0.280 e. The number of para-hydroxylation sites is 1. The van der Waals surface area contributed by atoms with Gasteiger partial charge in [0.25, 0.3) is 5.91 Å². The van der Waals surface area contributed by atoms with Gasteiger partial charge in [-0.2, -0.15) is 0 Å². The lowest BCUT2D eigenvalue weighted by atomic mass is 10.2. The smallest absolute Gasteiger partial charge is 0.253 e. The highest BCUT2D eigenvalue weighted by molar-refractivity contribution is 7.98. The topological polar surface area (TPSA) is 46.1 Å². The van der Waals surface area contributed by atoms with E-state index >= 15 is 0 Å². The number of fused-ring (bicyclic) bond motifs is 1. The van der Waals surface area contributed by atoms with E-state index in [0.717, 1.165) is 26.2 Å². The fourth-order valence-corrected chi connectivity index (χ4v) is 4.55. The van der Waals surface area contributed by atoms with Gasteiger partial charge in [-0.05, 0) is 41.7 Å². The first-order chi connectivity index (χ1) is 14.2. The zero-order chi connectivity index (χ0) is 20.1. The van der Waals surface area contributed by atoms with Crippen molar-refractivity contribution in [2.24, 2.45) is 0 Å². The van der Waals surface area contributed by atoms with Crippen molar-refractivity contribution in [1.82, 2.24) is 9.97 Å². The predicted octanol–water partition coefficient (Wildman–Crippen LogP) is 5.66. The van der Waals surface area contributed by atoms with Crippen molar-refractivity contribution in [1.29, 1.82) is 0 Å². The number of carbonyl (C=O) groups is 1. The van der Waals surface area contributed by atoms with E-state index in [1.54, 1.807) is 35.1 Å². The Balaban J connectivity index is 1.70. The van der Waals surface area contributed by atoms with Crippen LogP contribution in [0.15, 0.2) is 84.0 Å². The summed E-state index contributed by atoms with van der Waals surface area (Å²) in [5.74, 6) is -0.109. The maximum atomic E-state index is 13.1. The van der Waals surface area contributed by atoms with Crippen LogP contribution < -0.4 is 4.90 Å². The lowest BCUT2D eigenvalue weighted by Gasteiger charge is -2.18. The SMILES string of the molecule is CSc1cccc2sc(N(Cc3cccnc3)C(=O)/C=C/c3ccccc3)nc12. The molecule has 4 aromatic rings. The Kier molecular flexibility index (Phi) is 6.03. The summed E-state index contributed by atoms with van der Waals surface area (Å²) in [6, 6.07) is 19.8. The molecular formula is C23H19N3OS2. The van der Waals surface area contributed by atoms with Crippen LogP contribution in [0.25, 0.3) is 16.3 Å². The van der Waals surface area contributed by atoms with Crippen LogP contribution in [0.3, 0.4) is 0 Å². The van der Waals surface area contributed by atoms with Crippen molar-refractivity contribution in [3.8, 4) is 0 Å². The van der Waals surface area contributed by atoms with Crippen molar-refractivity contribution >= 4 is 50.4 Å². The van der Waals surface area contributed by atoms with Gasteiger partial charge in [-0.15, -0.1) is 11.8 Å². The van der Waals surface area contributed by atoms with Crippen LogP contribution in [0, 0.1) is 0 Å².